The standard InChI is InChI=1S/C10H14O/c1-3-8(2)9-5-4-6-10(11)7-9/h3,9H,1-2,4-7H2. The Balaban J connectivity index is 2.52. The molecule has 0 N–H and O–H groups in total. The maximum Gasteiger partial charge on any atom is 0.133 e. The average molecular weight is 150 g/mol. The van der Waals surface area contributed by atoms with E-state index in [2.05, 4.69) is 13.2 Å². The molecule has 0 bridgehead atoms. The fraction of sp³-hybridized carbons (Fsp3) is 0.500. The zero-order valence-electron chi connectivity index (χ0n) is 6.81. The lowest BCUT2D eigenvalue weighted by Gasteiger charge is -2.20. The second-order valence-electron chi connectivity index (χ2n) is 3.11. The number of Topliss-reactive ketones (excluding diaryl/α,β-unsaturated/α-hetero) is 1. The van der Waals surface area contributed by atoms with E-state index in [1.165, 1.54) is 0 Å². The van der Waals surface area contributed by atoms with Gasteiger partial charge in [-0.15, -0.1) is 0 Å². The highest BCUT2D eigenvalue weighted by atomic mass is 16.1. The Bertz CT molecular complexity index is 191. The molecular weight excluding hydrogens is 136 g/mol. The molecule has 1 aliphatic rings. The minimum atomic E-state index is 0.379. The molecule has 11 heavy (non-hydrogen) atoms. The van der Waals surface area contributed by atoms with Crippen molar-refractivity contribution in [2.45, 2.75) is 25.7 Å². The van der Waals surface area contributed by atoms with E-state index in [9.17, 15) is 4.79 Å². The SMILES string of the molecule is C=CC(=C)C1CCCC(=O)C1. The number of allylic oxidation sites excluding steroid dienone is 2. The van der Waals surface area contributed by atoms with Crippen LogP contribution in [-0.4, -0.2) is 5.78 Å². The molecule has 1 unspecified atom stereocenters. The summed E-state index contributed by atoms with van der Waals surface area (Å²) in [5, 5.41) is 0. The van der Waals surface area contributed by atoms with Crippen molar-refractivity contribution < 1.29 is 4.79 Å². The number of ketones is 1. The predicted molar refractivity (Wildman–Crippen MR) is 46.3 cm³/mol. The topological polar surface area (TPSA) is 17.1 Å². The van der Waals surface area contributed by atoms with Crippen molar-refractivity contribution >= 4 is 5.78 Å². The molecule has 60 valence electrons. The Hall–Kier alpha value is -0.850. The molecular formula is C10H14O. The summed E-state index contributed by atoms with van der Waals surface area (Å²) in [5.74, 6) is 0.762. The van der Waals surface area contributed by atoms with E-state index < -0.39 is 0 Å². The van der Waals surface area contributed by atoms with Crippen LogP contribution in [0.25, 0.3) is 0 Å². The van der Waals surface area contributed by atoms with Gasteiger partial charge in [0.05, 0.1) is 0 Å². The van der Waals surface area contributed by atoms with Crippen molar-refractivity contribution in [2.75, 3.05) is 0 Å². The van der Waals surface area contributed by atoms with E-state index in [1.54, 1.807) is 6.08 Å². The van der Waals surface area contributed by atoms with Crippen molar-refractivity contribution in [3.8, 4) is 0 Å². The van der Waals surface area contributed by atoms with Crippen LogP contribution in [0.2, 0.25) is 0 Å². The van der Waals surface area contributed by atoms with Crippen molar-refractivity contribution in [1.29, 1.82) is 0 Å². The van der Waals surface area contributed by atoms with Crippen molar-refractivity contribution in [3.05, 3.63) is 24.8 Å². The first kappa shape index (κ1) is 8.25. The average Bonchev–Trinajstić information content (AvgIpc) is 2.03. The second-order valence-corrected chi connectivity index (χ2v) is 3.11. The summed E-state index contributed by atoms with van der Waals surface area (Å²) >= 11 is 0. The van der Waals surface area contributed by atoms with Gasteiger partial charge < -0.3 is 0 Å². The number of rotatable bonds is 2. The maximum atomic E-state index is 11.0. The lowest BCUT2D eigenvalue weighted by Crippen LogP contribution is -2.15. The van der Waals surface area contributed by atoms with Crippen molar-refractivity contribution in [1.82, 2.24) is 0 Å². The molecule has 0 aromatic rings. The minimum Gasteiger partial charge on any atom is -0.300 e. The molecule has 1 rings (SSSR count). The fourth-order valence-corrected chi connectivity index (χ4v) is 1.51. The number of hydrogen-bond acceptors (Lipinski definition) is 1. The zero-order chi connectivity index (χ0) is 8.27. The molecule has 0 radical (unpaired) electrons. The monoisotopic (exact) mass is 150 g/mol. The van der Waals surface area contributed by atoms with Crippen LogP contribution in [-0.2, 0) is 4.79 Å². The molecule has 0 aliphatic heterocycles. The van der Waals surface area contributed by atoms with Crippen LogP contribution in [0.15, 0.2) is 24.8 Å². The van der Waals surface area contributed by atoms with Crippen LogP contribution < -0.4 is 0 Å². The van der Waals surface area contributed by atoms with E-state index in [4.69, 9.17) is 0 Å². The lowest BCUT2D eigenvalue weighted by molar-refractivity contribution is -0.121. The fourth-order valence-electron chi connectivity index (χ4n) is 1.51. The molecule has 1 aliphatic carbocycles. The van der Waals surface area contributed by atoms with Gasteiger partial charge in [-0.2, -0.15) is 0 Å². The van der Waals surface area contributed by atoms with E-state index in [-0.39, 0.29) is 0 Å². The normalized spacial score (nSPS) is 24.7. The van der Waals surface area contributed by atoms with Crippen LogP contribution in [0.1, 0.15) is 25.7 Å². The Morgan fingerprint density at radius 3 is 2.91 bits per heavy atom. The highest BCUT2D eigenvalue weighted by molar-refractivity contribution is 5.79. The van der Waals surface area contributed by atoms with E-state index in [1.807, 2.05) is 0 Å². The van der Waals surface area contributed by atoms with E-state index >= 15 is 0 Å². The summed E-state index contributed by atoms with van der Waals surface area (Å²) in [6.45, 7) is 7.51. The maximum absolute atomic E-state index is 11.0. The van der Waals surface area contributed by atoms with Gasteiger partial charge in [-0.1, -0.05) is 24.8 Å². The van der Waals surface area contributed by atoms with E-state index in [0.29, 0.717) is 18.1 Å². The van der Waals surface area contributed by atoms with Crippen molar-refractivity contribution in [2.24, 2.45) is 5.92 Å². The highest BCUT2D eigenvalue weighted by Crippen LogP contribution is 2.26. The van der Waals surface area contributed by atoms with Crippen LogP contribution in [0.5, 0.6) is 0 Å². The Morgan fingerprint density at radius 2 is 2.36 bits per heavy atom. The minimum absolute atomic E-state index is 0.379. The predicted octanol–water partition coefficient (Wildman–Crippen LogP) is 2.49. The third kappa shape index (κ3) is 2.04. The molecule has 0 spiro atoms. The Morgan fingerprint density at radius 1 is 1.64 bits per heavy atom. The van der Waals surface area contributed by atoms with Crippen LogP contribution in [0.3, 0.4) is 0 Å². The first-order valence-electron chi connectivity index (χ1n) is 4.07. The molecule has 0 aromatic heterocycles. The summed E-state index contributed by atoms with van der Waals surface area (Å²) in [7, 11) is 0. The summed E-state index contributed by atoms with van der Waals surface area (Å²) in [4.78, 5) is 11.0. The van der Waals surface area contributed by atoms with Gasteiger partial charge in [0, 0.05) is 12.8 Å². The number of carbonyl (C=O) groups excluding carboxylic acids is 1. The van der Waals surface area contributed by atoms with E-state index in [0.717, 1.165) is 24.8 Å². The smallest absolute Gasteiger partial charge is 0.133 e. The van der Waals surface area contributed by atoms with Crippen molar-refractivity contribution in [3.63, 3.8) is 0 Å². The lowest BCUT2D eigenvalue weighted by atomic mass is 9.84. The molecule has 1 atom stereocenters. The summed E-state index contributed by atoms with van der Waals surface area (Å²) in [6, 6.07) is 0. The van der Waals surface area contributed by atoms with Gasteiger partial charge in [-0.3, -0.25) is 4.79 Å². The summed E-state index contributed by atoms with van der Waals surface area (Å²) in [6.07, 6.45) is 5.35. The zero-order valence-corrected chi connectivity index (χ0v) is 6.81. The molecule has 0 saturated heterocycles. The van der Waals surface area contributed by atoms with Crippen LogP contribution in [0.4, 0.5) is 0 Å². The Labute approximate surface area is 67.8 Å². The molecule has 1 fully saturated rings. The number of hydrogen-bond donors (Lipinski definition) is 0. The molecule has 1 saturated carbocycles. The molecule has 0 aromatic carbocycles. The Kier molecular flexibility index (Phi) is 2.64. The largest absolute Gasteiger partial charge is 0.300 e. The van der Waals surface area contributed by atoms with Crippen LogP contribution in [0, 0.1) is 5.92 Å². The number of carbonyl (C=O) groups is 1. The first-order chi connectivity index (χ1) is 5.24. The summed E-state index contributed by atoms with van der Waals surface area (Å²) < 4.78 is 0. The van der Waals surface area contributed by atoms with Gasteiger partial charge in [-0.25, -0.2) is 0 Å². The quantitative estimate of drug-likeness (QED) is 0.553. The molecule has 1 nitrogen and oxygen atoms in total. The third-order valence-electron chi connectivity index (χ3n) is 2.27. The first-order valence-corrected chi connectivity index (χ1v) is 4.07. The second kappa shape index (κ2) is 3.51. The third-order valence-corrected chi connectivity index (χ3v) is 2.27. The summed E-state index contributed by atoms with van der Waals surface area (Å²) in [5.41, 5.74) is 1.03. The van der Waals surface area contributed by atoms with Crippen LogP contribution >= 0.6 is 0 Å². The molecule has 0 amide bonds. The van der Waals surface area contributed by atoms with Gasteiger partial charge in [0.1, 0.15) is 5.78 Å². The van der Waals surface area contributed by atoms with Gasteiger partial charge in [0.25, 0.3) is 0 Å². The highest BCUT2D eigenvalue weighted by Gasteiger charge is 2.19. The molecule has 0 heterocycles. The van der Waals surface area contributed by atoms with Gasteiger partial charge in [-0.05, 0) is 18.8 Å². The van der Waals surface area contributed by atoms with Gasteiger partial charge in [0.2, 0.25) is 0 Å². The van der Waals surface area contributed by atoms with Gasteiger partial charge in [0.15, 0.2) is 0 Å². The molecule has 1 heteroatoms. The van der Waals surface area contributed by atoms with Gasteiger partial charge >= 0.3 is 0 Å².